The molecule has 0 radical (unpaired) electrons. The Balaban J connectivity index is 3.84. The van der Waals surface area contributed by atoms with Crippen LogP contribution in [0.4, 0.5) is 0 Å². The van der Waals surface area contributed by atoms with Crippen molar-refractivity contribution in [1.29, 1.82) is 5.41 Å². The van der Waals surface area contributed by atoms with Crippen molar-refractivity contribution < 1.29 is 9.96 Å². The van der Waals surface area contributed by atoms with Crippen LogP contribution in [0.15, 0.2) is 12.3 Å². The van der Waals surface area contributed by atoms with Crippen LogP contribution in [0.1, 0.15) is 0 Å². The highest BCUT2D eigenvalue weighted by molar-refractivity contribution is 5.82. The van der Waals surface area contributed by atoms with Gasteiger partial charge in [-0.25, -0.2) is 10.1 Å². The minimum absolute atomic E-state index is 0.669. The summed E-state index contributed by atoms with van der Waals surface area (Å²) < 4.78 is 0. The number of hydrazine groups is 1. The van der Waals surface area contributed by atoms with Gasteiger partial charge in [0.1, 0.15) is 0 Å². The Morgan fingerprint density at radius 2 is 2.00 bits per heavy atom. The number of nitrogens with zero attached hydrogens (tertiary/aromatic N) is 2. The largest absolute Gasteiger partial charge is 0.358 e. The van der Waals surface area contributed by atoms with Crippen LogP contribution >= 0.6 is 0 Å². The van der Waals surface area contributed by atoms with E-state index in [2.05, 4.69) is 0 Å². The molecule has 0 heterocycles. The van der Waals surface area contributed by atoms with Crippen molar-refractivity contribution in [3.63, 3.8) is 0 Å². The van der Waals surface area contributed by atoms with Crippen LogP contribution in [0, 0.1) is 25.6 Å². The maximum Gasteiger partial charge on any atom is 0.357 e. The molecule has 0 aliphatic heterocycles. The van der Waals surface area contributed by atoms with Gasteiger partial charge in [-0.3, -0.25) is 0 Å². The van der Waals surface area contributed by atoms with E-state index in [9.17, 15) is 20.2 Å². The van der Waals surface area contributed by atoms with Crippen molar-refractivity contribution in [2.75, 3.05) is 0 Å². The van der Waals surface area contributed by atoms with E-state index in [-0.39, 0.29) is 0 Å². The highest BCUT2D eigenvalue weighted by Gasteiger charge is 2.00. The minimum atomic E-state index is -0.974. The summed E-state index contributed by atoms with van der Waals surface area (Å²) in [5, 5.41) is 24.9. The van der Waals surface area contributed by atoms with Crippen molar-refractivity contribution in [2.45, 2.75) is 0 Å². The molecule has 0 aliphatic rings. The summed E-state index contributed by atoms with van der Waals surface area (Å²) in [5.41, 5.74) is 1.53. The molecule has 0 aromatic carbocycles. The van der Waals surface area contributed by atoms with E-state index in [1.807, 2.05) is 0 Å². The van der Waals surface area contributed by atoms with E-state index < -0.39 is 15.8 Å². The summed E-state index contributed by atoms with van der Waals surface area (Å²) in [4.78, 5) is 18.3. The van der Waals surface area contributed by atoms with Crippen LogP contribution in [0.5, 0.6) is 0 Å². The highest BCUT2D eigenvalue weighted by atomic mass is 16.7. The Kier molecular flexibility index (Phi) is 3.22. The average Bonchev–Trinajstić information content (AvgIpc) is 1.86. The summed E-state index contributed by atoms with van der Waals surface area (Å²) >= 11 is 0. The first-order chi connectivity index (χ1) is 5.04. The maximum absolute atomic E-state index is 9.71. The molecule has 8 nitrogen and oxygen atoms in total. The third-order valence-corrected chi connectivity index (χ3v) is 0.618. The van der Waals surface area contributed by atoms with Gasteiger partial charge in [-0.05, 0) is 4.92 Å². The predicted octanol–water partition coefficient (Wildman–Crippen LogP) is -0.465. The summed E-state index contributed by atoms with van der Waals surface area (Å²) in [6.45, 7) is 0. The zero-order chi connectivity index (χ0) is 8.85. The lowest BCUT2D eigenvalue weighted by molar-refractivity contribution is -0.532. The summed E-state index contributed by atoms with van der Waals surface area (Å²) in [6.07, 6.45) is 1.37. The monoisotopic (exact) mass is 160 g/mol. The van der Waals surface area contributed by atoms with Gasteiger partial charge in [0.25, 0.3) is 0 Å². The zero-order valence-electron chi connectivity index (χ0n) is 5.18. The maximum atomic E-state index is 9.71. The van der Waals surface area contributed by atoms with Crippen molar-refractivity contribution >= 4 is 5.84 Å². The number of hydrogen-bond donors (Lipinski definition) is 2. The van der Waals surface area contributed by atoms with Gasteiger partial charge in [0.2, 0.25) is 0 Å². The van der Waals surface area contributed by atoms with Crippen LogP contribution < -0.4 is 5.43 Å². The van der Waals surface area contributed by atoms with Crippen LogP contribution in [-0.4, -0.2) is 15.8 Å². The van der Waals surface area contributed by atoms with Crippen LogP contribution in [0.3, 0.4) is 0 Å². The summed E-state index contributed by atoms with van der Waals surface area (Å²) in [6, 6.07) is 0. The Morgan fingerprint density at radius 3 is 2.36 bits per heavy atom. The smallest absolute Gasteiger partial charge is 0.357 e. The van der Waals surface area contributed by atoms with E-state index in [0.717, 1.165) is 0 Å². The molecule has 0 aliphatic carbocycles. The van der Waals surface area contributed by atoms with Gasteiger partial charge in [-0.15, -0.1) is 5.43 Å². The lowest BCUT2D eigenvalue weighted by Crippen LogP contribution is -2.15. The third-order valence-electron chi connectivity index (χ3n) is 0.618. The van der Waals surface area contributed by atoms with E-state index in [4.69, 9.17) is 5.41 Å². The Labute approximate surface area is 60.3 Å². The minimum Gasteiger partial charge on any atom is -0.358 e. The van der Waals surface area contributed by atoms with Gasteiger partial charge in [-0.2, -0.15) is 0 Å². The van der Waals surface area contributed by atoms with Gasteiger partial charge < -0.3 is 10.1 Å². The molecule has 0 saturated carbocycles. The molecule has 0 unspecified atom stereocenters. The second kappa shape index (κ2) is 3.93. The molecular formula is C3H4N4O4. The Hall–Kier alpha value is -1.99. The van der Waals surface area contributed by atoms with Gasteiger partial charge in [0.15, 0.2) is 5.03 Å². The quantitative estimate of drug-likeness (QED) is 0.250. The van der Waals surface area contributed by atoms with Gasteiger partial charge >= 0.3 is 5.84 Å². The first-order valence-corrected chi connectivity index (χ1v) is 2.34. The molecule has 0 bridgehead atoms. The van der Waals surface area contributed by atoms with Gasteiger partial charge in [-0.1, -0.05) is 5.41 Å². The molecule has 0 aromatic rings. The Bertz CT molecular complexity index is 221. The second-order valence-electron chi connectivity index (χ2n) is 1.36. The second-order valence-corrected chi connectivity index (χ2v) is 1.36. The predicted molar refractivity (Wildman–Crippen MR) is 34.0 cm³/mol. The lowest BCUT2D eigenvalue weighted by atomic mass is 10.6. The topological polar surface area (TPSA) is 122 Å². The first kappa shape index (κ1) is 9.01. The normalized spacial score (nSPS) is 9.45. The SMILES string of the molecule is N=C(/C=C\N[N+](=O)[O-])[N+](=O)[O-]. The van der Waals surface area contributed by atoms with E-state index in [1.54, 1.807) is 0 Å². The molecule has 0 fully saturated rings. The van der Waals surface area contributed by atoms with Crippen molar-refractivity contribution in [2.24, 2.45) is 0 Å². The van der Waals surface area contributed by atoms with Crippen LogP contribution in [-0.2, 0) is 0 Å². The first-order valence-electron chi connectivity index (χ1n) is 2.34. The summed E-state index contributed by atoms with van der Waals surface area (Å²) in [7, 11) is 0. The number of amidine groups is 1. The molecule has 8 heteroatoms. The van der Waals surface area contributed by atoms with Crippen molar-refractivity contribution in [1.82, 2.24) is 5.43 Å². The highest BCUT2D eigenvalue weighted by Crippen LogP contribution is 1.76. The molecule has 11 heavy (non-hydrogen) atoms. The summed E-state index contributed by atoms with van der Waals surface area (Å²) in [5.74, 6) is -0.917. The molecule has 0 spiro atoms. The Morgan fingerprint density at radius 1 is 1.45 bits per heavy atom. The van der Waals surface area contributed by atoms with E-state index >= 15 is 0 Å². The van der Waals surface area contributed by atoms with Crippen molar-refractivity contribution in [3.8, 4) is 0 Å². The number of rotatable bonds is 3. The van der Waals surface area contributed by atoms with E-state index in [1.165, 1.54) is 5.43 Å². The molecule has 0 saturated heterocycles. The zero-order valence-corrected chi connectivity index (χ0v) is 5.18. The van der Waals surface area contributed by atoms with Crippen LogP contribution in [0.2, 0.25) is 0 Å². The average molecular weight is 160 g/mol. The van der Waals surface area contributed by atoms with Gasteiger partial charge in [0.05, 0.1) is 12.3 Å². The van der Waals surface area contributed by atoms with Crippen molar-refractivity contribution in [3.05, 3.63) is 32.5 Å². The van der Waals surface area contributed by atoms with E-state index in [0.29, 0.717) is 12.3 Å². The number of nitro groups is 2. The van der Waals surface area contributed by atoms with Crippen LogP contribution in [0.25, 0.3) is 0 Å². The fourth-order valence-corrected chi connectivity index (χ4v) is 0.238. The molecule has 0 aromatic heterocycles. The molecular weight excluding hydrogens is 156 g/mol. The molecule has 2 N–H and O–H groups in total. The van der Waals surface area contributed by atoms with Gasteiger partial charge in [0, 0.05) is 0 Å². The number of nitrogens with one attached hydrogen (secondary N) is 2. The molecule has 0 rings (SSSR count). The number of hydrogen-bond acceptors (Lipinski definition) is 5. The fourth-order valence-electron chi connectivity index (χ4n) is 0.238. The molecule has 60 valence electrons. The molecule has 0 amide bonds. The fraction of sp³-hybridized carbons (Fsp3) is 0. The standard InChI is InChI=1S/C3H4N4O4/c4-3(6(8)9)1-2-5-7(10)11/h1-2,4-5H/b2-1-,4-3?. The lowest BCUT2D eigenvalue weighted by Gasteiger charge is -1.87. The third kappa shape index (κ3) is 4.51. The molecule has 0 atom stereocenters.